The molecule has 0 radical (unpaired) electrons. The van der Waals surface area contributed by atoms with Crippen molar-refractivity contribution in [1.29, 1.82) is 0 Å². The van der Waals surface area contributed by atoms with Gasteiger partial charge in [-0.2, -0.15) is 0 Å². The van der Waals surface area contributed by atoms with Crippen molar-refractivity contribution in [2.75, 3.05) is 0 Å². The van der Waals surface area contributed by atoms with Crippen molar-refractivity contribution in [2.24, 2.45) is 0 Å². The fourth-order valence-electron chi connectivity index (χ4n) is 1.01. The van der Waals surface area contributed by atoms with E-state index in [-0.39, 0.29) is 11.3 Å². The number of carboxylic acid groups (broad SMARTS) is 1. The molecule has 1 amide bonds. The van der Waals surface area contributed by atoms with Gasteiger partial charge in [-0.15, -0.1) is 0 Å². The normalized spacial score (nSPS) is 11.0. The first-order valence-corrected chi connectivity index (χ1v) is 4.98. The number of amides is 1. The van der Waals surface area contributed by atoms with Crippen LogP contribution in [0.15, 0.2) is 18.3 Å². The predicted molar refractivity (Wildman–Crippen MR) is 59.5 cm³/mol. The topological polar surface area (TPSA) is 88.5 Å². The molecule has 0 saturated heterocycles. The third-order valence-electron chi connectivity index (χ3n) is 1.70. The first kappa shape index (κ1) is 13.1. The fraction of sp³-hybridized carbons (Fsp3) is 0.364. The van der Waals surface area contributed by atoms with Gasteiger partial charge in [-0.05, 0) is 32.9 Å². The molecule has 0 aromatic carbocycles. The third kappa shape index (κ3) is 3.84. The quantitative estimate of drug-likeness (QED) is 0.773. The Labute approximate surface area is 98.6 Å². The Morgan fingerprint density at radius 2 is 2.06 bits per heavy atom. The maximum Gasteiger partial charge on any atom is 0.338 e. The van der Waals surface area contributed by atoms with Crippen molar-refractivity contribution in [3.05, 3.63) is 29.6 Å². The summed E-state index contributed by atoms with van der Waals surface area (Å²) in [5.41, 5.74) is 1.27. The minimum Gasteiger partial charge on any atom is -0.478 e. The van der Waals surface area contributed by atoms with E-state index in [2.05, 4.69) is 10.5 Å². The largest absolute Gasteiger partial charge is 0.478 e. The highest BCUT2D eigenvalue weighted by atomic mass is 16.7. The number of hydrogen-bond donors (Lipinski definition) is 2. The second-order valence-electron chi connectivity index (χ2n) is 4.35. The second-order valence-corrected chi connectivity index (χ2v) is 4.35. The summed E-state index contributed by atoms with van der Waals surface area (Å²) in [7, 11) is 0. The van der Waals surface area contributed by atoms with Crippen LogP contribution in [0.2, 0.25) is 0 Å². The smallest absolute Gasteiger partial charge is 0.338 e. The lowest BCUT2D eigenvalue weighted by Crippen LogP contribution is -2.34. The number of carboxylic acids is 1. The number of carbonyl (C=O) groups excluding carboxylic acids is 1. The first-order chi connectivity index (χ1) is 7.81. The van der Waals surface area contributed by atoms with Gasteiger partial charge in [-0.1, -0.05) is 0 Å². The molecule has 0 fully saturated rings. The van der Waals surface area contributed by atoms with Crippen LogP contribution in [0.25, 0.3) is 0 Å². The molecular weight excluding hydrogens is 224 g/mol. The van der Waals surface area contributed by atoms with Gasteiger partial charge >= 0.3 is 5.97 Å². The highest BCUT2D eigenvalue weighted by Gasteiger charge is 2.19. The first-order valence-electron chi connectivity index (χ1n) is 4.98. The molecule has 6 nitrogen and oxygen atoms in total. The summed E-state index contributed by atoms with van der Waals surface area (Å²) in [5.74, 6) is -1.89. The third-order valence-corrected chi connectivity index (χ3v) is 1.70. The molecule has 17 heavy (non-hydrogen) atoms. The summed E-state index contributed by atoms with van der Waals surface area (Å²) >= 11 is 0. The van der Waals surface area contributed by atoms with Crippen molar-refractivity contribution < 1.29 is 19.5 Å². The highest BCUT2D eigenvalue weighted by Crippen LogP contribution is 2.08. The Bertz CT molecular complexity index is 437. The maximum absolute atomic E-state index is 11.7. The molecule has 1 aromatic rings. The summed E-state index contributed by atoms with van der Waals surface area (Å²) in [6.07, 6.45) is 1.35. The molecule has 0 spiro atoms. The molecule has 0 saturated carbocycles. The Morgan fingerprint density at radius 1 is 1.41 bits per heavy atom. The standard InChI is InChI=1S/C11H14N2O4/c1-11(2,3)17-13-9(14)8-7(10(15)16)5-4-6-12-8/h4-6H,1-3H3,(H,13,14)(H,15,16). The van der Waals surface area contributed by atoms with E-state index in [4.69, 9.17) is 9.94 Å². The minimum absolute atomic E-state index is 0.164. The number of aromatic nitrogens is 1. The zero-order valence-electron chi connectivity index (χ0n) is 9.85. The van der Waals surface area contributed by atoms with Gasteiger partial charge in [-0.3, -0.25) is 14.6 Å². The summed E-state index contributed by atoms with van der Waals surface area (Å²) in [6.45, 7) is 5.26. The van der Waals surface area contributed by atoms with Gasteiger partial charge in [0.2, 0.25) is 0 Å². The van der Waals surface area contributed by atoms with Gasteiger partial charge in [-0.25, -0.2) is 10.3 Å². The zero-order chi connectivity index (χ0) is 13.1. The highest BCUT2D eigenvalue weighted by molar-refractivity contribution is 6.02. The van der Waals surface area contributed by atoms with Crippen LogP contribution in [0.5, 0.6) is 0 Å². The molecule has 0 atom stereocenters. The number of rotatable bonds is 3. The number of hydrogen-bond acceptors (Lipinski definition) is 4. The van der Waals surface area contributed by atoms with Crippen molar-refractivity contribution in [3.63, 3.8) is 0 Å². The van der Waals surface area contributed by atoms with Crippen LogP contribution >= 0.6 is 0 Å². The summed E-state index contributed by atoms with van der Waals surface area (Å²) in [5, 5.41) is 8.88. The van der Waals surface area contributed by atoms with Crippen LogP contribution in [0, 0.1) is 0 Å². The Hall–Kier alpha value is -1.95. The van der Waals surface area contributed by atoms with Crippen molar-refractivity contribution in [2.45, 2.75) is 26.4 Å². The molecule has 0 bridgehead atoms. The van der Waals surface area contributed by atoms with Crippen LogP contribution < -0.4 is 5.48 Å². The van der Waals surface area contributed by atoms with E-state index in [0.29, 0.717) is 0 Å². The molecule has 0 aliphatic rings. The predicted octanol–water partition coefficient (Wildman–Crippen LogP) is 1.24. The fourth-order valence-corrected chi connectivity index (χ4v) is 1.01. The Balaban J connectivity index is 2.86. The lowest BCUT2D eigenvalue weighted by Gasteiger charge is -2.18. The molecule has 92 valence electrons. The summed E-state index contributed by atoms with van der Waals surface area (Å²) in [4.78, 5) is 31.3. The number of nitrogens with zero attached hydrogens (tertiary/aromatic N) is 1. The van der Waals surface area contributed by atoms with Crippen molar-refractivity contribution in [3.8, 4) is 0 Å². The average Bonchev–Trinajstić information content (AvgIpc) is 2.25. The SMILES string of the molecule is CC(C)(C)ONC(=O)c1ncccc1C(=O)O. The van der Waals surface area contributed by atoms with E-state index < -0.39 is 17.5 Å². The van der Waals surface area contributed by atoms with Crippen molar-refractivity contribution in [1.82, 2.24) is 10.5 Å². The van der Waals surface area contributed by atoms with Gasteiger partial charge < -0.3 is 5.11 Å². The zero-order valence-corrected chi connectivity index (χ0v) is 9.85. The minimum atomic E-state index is -1.21. The molecule has 0 unspecified atom stereocenters. The van der Waals surface area contributed by atoms with Gasteiger partial charge in [0.25, 0.3) is 5.91 Å². The van der Waals surface area contributed by atoms with E-state index in [0.717, 1.165) is 0 Å². The lowest BCUT2D eigenvalue weighted by atomic mass is 10.2. The number of nitrogens with one attached hydrogen (secondary N) is 1. The molecule has 0 aliphatic carbocycles. The molecular formula is C11H14N2O4. The summed E-state index contributed by atoms with van der Waals surface area (Å²) < 4.78 is 0. The molecule has 1 aromatic heterocycles. The number of aromatic carboxylic acids is 1. The Morgan fingerprint density at radius 3 is 2.59 bits per heavy atom. The van der Waals surface area contributed by atoms with E-state index >= 15 is 0 Å². The van der Waals surface area contributed by atoms with E-state index in [1.54, 1.807) is 20.8 Å². The second kappa shape index (κ2) is 4.92. The van der Waals surface area contributed by atoms with E-state index in [1.165, 1.54) is 18.3 Å². The number of pyridine rings is 1. The van der Waals surface area contributed by atoms with E-state index in [1.807, 2.05) is 0 Å². The van der Waals surface area contributed by atoms with Crippen LogP contribution in [-0.4, -0.2) is 27.6 Å². The molecule has 2 N–H and O–H groups in total. The average molecular weight is 238 g/mol. The van der Waals surface area contributed by atoms with Gasteiger partial charge in [0, 0.05) is 6.20 Å². The molecule has 1 rings (SSSR count). The number of hydroxylamine groups is 1. The van der Waals surface area contributed by atoms with Crippen LogP contribution in [0.3, 0.4) is 0 Å². The van der Waals surface area contributed by atoms with E-state index in [9.17, 15) is 9.59 Å². The van der Waals surface area contributed by atoms with Gasteiger partial charge in [0.15, 0.2) is 0 Å². The van der Waals surface area contributed by atoms with Crippen LogP contribution in [0.4, 0.5) is 0 Å². The molecule has 0 aliphatic heterocycles. The Kier molecular flexibility index (Phi) is 3.80. The van der Waals surface area contributed by atoms with Gasteiger partial charge in [0.05, 0.1) is 11.2 Å². The number of carbonyl (C=O) groups is 2. The molecule has 6 heteroatoms. The van der Waals surface area contributed by atoms with Crippen LogP contribution in [0.1, 0.15) is 41.6 Å². The lowest BCUT2D eigenvalue weighted by molar-refractivity contribution is -0.0591. The van der Waals surface area contributed by atoms with Crippen LogP contribution in [-0.2, 0) is 4.84 Å². The molecule has 1 heterocycles. The monoisotopic (exact) mass is 238 g/mol. The van der Waals surface area contributed by atoms with Gasteiger partial charge in [0.1, 0.15) is 5.69 Å². The maximum atomic E-state index is 11.7. The summed E-state index contributed by atoms with van der Waals surface area (Å²) in [6, 6.07) is 2.76. The van der Waals surface area contributed by atoms with Crippen molar-refractivity contribution >= 4 is 11.9 Å².